The third kappa shape index (κ3) is 4.97. The minimum absolute atomic E-state index is 0.604. The Hall–Kier alpha value is -0.760. The van der Waals surface area contributed by atoms with E-state index in [-0.39, 0.29) is 0 Å². The molecule has 0 amide bonds. The third-order valence-corrected chi connectivity index (χ3v) is 4.16. The summed E-state index contributed by atoms with van der Waals surface area (Å²) in [6.07, 6.45) is 0. The van der Waals surface area contributed by atoms with Gasteiger partial charge in [0, 0.05) is 30.7 Å². The molecule has 0 saturated carbocycles. The highest BCUT2D eigenvalue weighted by atomic mass is 79.9. The van der Waals surface area contributed by atoms with Gasteiger partial charge in [-0.3, -0.25) is 4.90 Å². The van der Waals surface area contributed by atoms with Crippen molar-refractivity contribution >= 4 is 39.1 Å². The average molecular weight is 359 g/mol. The number of anilines is 1. The lowest BCUT2D eigenvalue weighted by molar-refractivity contribution is 0.0389. The highest BCUT2D eigenvalue weighted by Crippen LogP contribution is 2.15. The lowest BCUT2D eigenvalue weighted by Gasteiger charge is -2.26. The second kappa shape index (κ2) is 7.87. The second-order valence-corrected chi connectivity index (χ2v) is 5.86. The Labute approximate surface area is 133 Å². The number of halogens is 1. The molecule has 20 heavy (non-hydrogen) atoms. The maximum atomic E-state index is 5.31. The fourth-order valence-corrected chi connectivity index (χ4v) is 2.35. The van der Waals surface area contributed by atoms with E-state index in [1.165, 1.54) is 0 Å². The molecule has 1 fully saturated rings. The summed E-state index contributed by atoms with van der Waals surface area (Å²) in [6, 6.07) is 3.86. The Bertz CT molecular complexity index is 466. The van der Waals surface area contributed by atoms with E-state index in [4.69, 9.17) is 17.0 Å². The highest BCUT2D eigenvalue weighted by molar-refractivity contribution is 9.10. The quantitative estimate of drug-likeness (QED) is 0.800. The molecule has 0 radical (unpaired) electrons. The minimum Gasteiger partial charge on any atom is -0.379 e. The van der Waals surface area contributed by atoms with Gasteiger partial charge in [0.1, 0.15) is 5.82 Å². The third-order valence-electron chi connectivity index (χ3n) is 3.08. The fourth-order valence-electron chi connectivity index (χ4n) is 1.93. The number of aromatic nitrogens is 1. The highest BCUT2D eigenvalue weighted by Gasteiger charge is 2.09. The number of hydrogen-bond donors (Lipinski definition) is 2. The van der Waals surface area contributed by atoms with Crippen LogP contribution in [0.2, 0.25) is 0 Å². The van der Waals surface area contributed by atoms with Gasteiger partial charge in [0.05, 0.1) is 18.9 Å². The molecule has 1 aliphatic rings. The van der Waals surface area contributed by atoms with Gasteiger partial charge < -0.3 is 15.4 Å². The molecule has 5 nitrogen and oxygen atoms in total. The monoisotopic (exact) mass is 358 g/mol. The Morgan fingerprint density at radius 2 is 2.20 bits per heavy atom. The summed E-state index contributed by atoms with van der Waals surface area (Å²) >= 11 is 8.69. The SMILES string of the molecule is Cc1nc(NC(=S)NCCN2CCOCC2)ccc1Br. The molecule has 1 aromatic heterocycles. The molecule has 1 aromatic rings. The number of nitrogens with zero attached hydrogens (tertiary/aromatic N) is 2. The smallest absolute Gasteiger partial charge is 0.171 e. The van der Waals surface area contributed by atoms with Crippen LogP contribution >= 0.6 is 28.1 Å². The van der Waals surface area contributed by atoms with E-state index in [1.807, 2.05) is 19.1 Å². The number of nitrogens with one attached hydrogen (secondary N) is 2. The number of rotatable bonds is 4. The molecule has 2 rings (SSSR count). The van der Waals surface area contributed by atoms with Crippen molar-refractivity contribution in [3.8, 4) is 0 Å². The lowest BCUT2D eigenvalue weighted by Crippen LogP contribution is -2.42. The van der Waals surface area contributed by atoms with Gasteiger partial charge in [-0.25, -0.2) is 4.98 Å². The number of morpholine rings is 1. The van der Waals surface area contributed by atoms with E-state index in [0.717, 1.165) is 55.4 Å². The molecular formula is C13H19BrN4OS. The Morgan fingerprint density at radius 3 is 2.90 bits per heavy atom. The van der Waals surface area contributed by atoms with E-state index in [0.29, 0.717) is 5.11 Å². The van der Waals surface area contributed by atoms with Crippen LogP contribution in [0.3, 0.4) is 0 Å². The number of thiocarbonyl (C=S) groups is 1. The van der Waals surface area contributed by atoms with Gasteiger partial charge in [-0.15, -0.1) is 0 Å². The van der Waals surface area contributed by atoms with Gasteiger partial charge in [-0.05, 0) is 47.2 Å². The van der Waals surface area contributed by atoms with Crippen molar-refractivity contribution in [3.63, 3.8) is 0 Å². The van der Waals surface area contributed by atoms with E-state index in [1.54, 1.807) is 0 Å². The topological polar surface area (TPSA) is 49.4 Å². The van der Waals surface area contributed by atoms with E-state index in [9.17, 15) is 0 Å². The first-order valence-corrected chi connectivity index (χ1v) is 7.83. The molecule has 0 aliphatic carbocycles. The summed E-state index contributed by atoms with van der Waals surface area (Å²) < 4.78 is 6.31. The molecule has 0 unspecified atom stereocenters. The predicted molar refractivity (Wildman–Crippen MR) is 88.2 cm³/mol. The molecule has 110 valence electrons. The molecule has 7 heteroatoms. The zero-order valence-corrected chi connectivity index (χ0v) is 13.9. The van der Waals surface area contributed by atoms with Crippen LogP contribution in [0.1, 0.15) is 5.69 Å². The van der Waals surface area contributed by atoms with E-state index in [2.05, 4.69) is 36.4 Å². The van der Waals surface area contributed by atoms with Gasteiger partial charge in [-0.1, -0.05) is 0 Å². The Balaban J connectivity index is 1.70. The van der Waals surface area contributed by atoms with Crippen molar-refractivity contribution in [3.05, 3.63) is 22.3 Å². The standard InChI is InChI=1S/C13H19BrN4OS/c1-10-11(14)2-3-12(16-10)17-13(20)15-4-5-18-6-8-19-9-7-18/h2-3H,4-9H2,1H3,(H2,15,16,17,20). The number of pyridine rings is 1. The van der Waals surface area contributed by atoms with Gasteiger partial charge in [-0.2, -0.15) is 0 Å². The number of aryl methyl sites for hydroxylation is 1. The summed E-state index contributed by atoms with van der Waals surface area (Å²) in [5.41, 5.74) is 0.936. The molecule has 1 aliphatic heterocycles. The maximum absolute atomic E-state index is 5.31. The van der Waals surface area contributed by atoms with Crippen molar-refractivity contribution < 1.29 is 4.74 Å². The van der Waals surface area contributed by atoms with Gasteiger partial charge in [0.15, 0.2) is 5.11 Å². The first-order chi connectivity index (χ1) is 9.65. The molecule has 0 bridgehead atoms. The van der Waals surface area contributed by atoms with Crippen LogP contribution in [0.15, 0.2) is 16.6 Å². The van der Waals surface area contributed by atoms with Crippen LogP contribution < -0.4 is 10.6 Å². The fraction of sp³-hybridized carbons (Fsp3) is 0.538. The van der Waals surface area contributed by atoms with Gasteiger partial charge in [0.25, 0.3) is 0 Å². The van der Waals surface area contributed by atoms with Crippen LogP contribution in [0.25, 0.3) is 0 Å². The van der Waals surface area contributed by atoms with Gasteiger partial charge >= 0.3 is 0 Å². The van der Waals surface area contributed by atoms with E-state index < -0.39 is 0 Å². The number of hydrogen-bond acceptors (Lipinski definition) is 4. The molecule has 0 atom stereocenters. The molecule has 2 N–H and O–H groups in total. The van der Waals surface area contributed by atoms with Crippen molar-refractivity contribution in [1.82, 2.24) is 15.2 Å². The van der Waals surface area contributed by atoms with Crippen LogP contribution in [0.4, 0.5) is 5.82 Å². The maximum Gasteiger partial charge on any atom is 0.171 e. The summed E-state index contributed by atoms with van der Waals surface area (Å²) in [6.45, 7) is 7.38. The zero-order chi connectivity index (χ0) is 14.4. The van der Waals surface area contributed by atoms with Crippen LogP contribution in [0, 0.1) is 6.92 Å². The normalized spacial score (nSPS) is 15.9. The summed E-state index contributed by atoms with van der Waals surface area (Å²) in [7, 11) is 0. The molecule has 2 heterocycles. The lowest BCUT2D eigenvalue weighted by atomic mass is 10.4. The molecule has 0 aromatic carbocycles. The van der Waals surface area contributed by atoms with Crippen LogP contribution in [0.5, 0.6) is 0 Å². The minimum atomic E-state index is 0.604. The molecular weight excluding hydrogens is 340 g/mol. The van der Waals surface area contributed by atoms with Crippen LogP contribution in [-0.2, 0) is 4.74 Å². The summed E-state index contributed by atoms with van der Waals surface area (Å²) in [5, 5.41) is 6.90. The van der Waals surface area contributed by atoms with Crippen molar-refractivity contribution in [2.75, 3.05) is 44.7 Å². The number of ether oxygens (including phenoxy) is 1. The van der Waals surface area contributed by atoms with Crippen molar-refractivity contribution in [2.24, 2.45) is 0 Å². The first-order valence-electron chi connectivity index (χ1n) is 6.63. The van der Waals surface area contributed by atoms with E-state index >= 15 is 0 Å². The summed E-state index contributed by atoms with van der Waals surface area (Å²) in [5.74, 6) is 0.759. The van der Waals surface area contributed by atoms with Crippen LogP contribution in [-0.4, -0.2) is 54.4 Å². The molecule has 1 saturated heterocycles. The van der Waals surface area contributed by atoms with Crippen molar-refractivity contribution in [2.45, 2.75) is 6.92 Å². The first kappa shape index (κ1) is 15.6. The van der Waals surface area contributed by atoms with Crippen molar-refractivity contribution in [1.29, 1.82) is 0 Å². The zero-order valence-electron chi connectivity index (χ0n) is 11.5. The predicted octanol–water partition coefficient (Wildman–Crippen LogP) is 1.77. The van der Waals surface area contributed by atoms with Gasteiger partial charge in [0.2, 0.25) is 0 Å². The Morgan fingerprint density at radius 1 is 1.45 bits per heavy atom. The summed E-state index contributed by atoms with van der Waals surface area (Å²) in [4.78, 5) is 6.76. The largest absolute Gasteiger partial charge is 0.379 e. The second-order valence-electron chi connectivity index (χ2n) is 4.60. The average Bonchev–Trinajstić information content (AvgIpc) is 2.44. The Kier molecular flexibility index (Phi) is 6.15. The molecule has 0 spiro atoms.